The molecule has 1 aliphatic rings. The van der Waals surface area contributed by atoms with Crippen LogP contribution in [0.15, 0.2) is 18.2 Å². The zero-order valence-corrected chi connectivity index (χ0v) is 24.5. The summed E-state index contributed by atoms with van der Waals surface area (Å²) in [5.74, 6) is 0.215. The van der Waals surface area contributed by atoms with Crippen LogP contribution in [0.3, 0.4) is 0 Å². The second kappa shape index (κ2) is 16.0. The number of benzene rings is 1. The molecular weight excluding hydrogens is 484 g/mol. The van der Waals surface area contributed by atoms with Gasteiger partial charge in [0.15, 0.2) is 0 Å². The number of ether oxygens (including phenoxy) is 2. The fraction of sp³-hybridized carbons (Fsp3) is 0.724. The molecule has 0 saturated heterocycles. The highest BCUT2D eigenvalue weighted by Gasteiger charge is 2.30. The van der Waals surface area contributed by atoms with E-state index in [1.165, 1.54) is 0 Å². The molecule has 0 aliphatic carbocycles. The number of likely N-dealkylation sites (N-methyl/N-ethyl adjacent to an activating group) is 1. The molecule has 0 fully saturated rings. The van der Waals surface area contributed by atoms with E-state index in [1.54, 1.807) is 23.1 Å². The Balaban J connectivity index is 2.40. The van der Waals surface area contributed by atoms with Gasteiger partial charge in [-0.2, -0.15) is 0 Å². The number of anilines is 1. The molecule has 2 amide bonds. The van der Waals surface area contributed by atoms with Crippen LogP contribution < -0.4 is 10.1 Å². The van der Waals surface area contributed by atoms with Gasteiger partial charge in [0.05, 0.1) is 30.4 Å². The molecule has 0 radical (unpaired) electrons. The van der Waals surface area contributed by atoms with Crippen molar-refractivity contribution >= 4 is 17.5 Å². The first-order valence-electron chi connectivity index (χ1n) is 13.9. The first kappa shape index (κ1) is 32.0. The third-order valence-electron chi connectivity index (χ3n) is 6.89. The fourth-order valence-electron chi connectivity index (χ4n) is 4.60. The van der Waals surface area contributed by atoms with Crippen molar-refractivity contribution in [2.45, 2.75) is 71.1 Å². The summed E-state index contributed by atoms with van der Waals surface area (Å²) >= 11 is 0. The van der Waals surface area contributed by atoms with Crippen LogP contribution >= 0.6 is 0 Å². The van der Waals surface area contributed by atoms with E-state index in [9.17, 15) is 14.7 Å². The van der Waals surface area contributed by atoms with Gasteiger partial charge in [-0.15, -0.1) is 0 Å². The van der Waals surface area contributed by atoms with Gasteiger partial charge in [-0.25, -0.2) is 0 Å². The maximum absolute atomic E-state index is 14.0. The lowest BCUT2D eigenvalue weighted by atomic mass is 10.0. The average molecular weight is 535 g/mol. The molecule has 9 heteroatoms. The van der Waals surface area contributed by atoms with Crippen molar-refractivity contribution in [1.82, 2.24) is 14.7 Å². The normalized spacial score (nSPS) is 22.5. The summed E-state index contributed by atoms with van der Waals surface area (Å²) < 4.78 is 12.5. The van der Waals surface area contributed by atoms with Gasteiger partial charge in [-0.1, -0.05) is 6.92 Å². The summed E-state index contributed by atoms with van der Waals surface area (Å²) in [6, 6.07) is 4.87. The molecule has 2 rings (SSSR count). The molecule has 1 heterocycles. The number of aliphatic hydroxyl groups excluding tert-OH is 1. The largest absolute Gasteiger partial charge is 0.490 e. The summed E-state index contributed by atoms with van der Waals surface area (Å²) in [5.41, 5.74) is 0.945. The summed E-state index contributed by atoms with van der Waals surface area (Å²) in [6.07, 6.45) is 3.75. The van der Waals surface area contributed by atoms with E-state index < -0.39 is 6.04 Å². The number of carbonyl (C=O) groups is 2. The monoisotopic (exact) mass is 534 g/mol. The summed E-state index contributed by atoms with van der Waals surface area (Å²) in [7, 11) is 8.00. The lowest BCUT2D eigenvalue weighted by Gasteiger charge is -2.35. The van der Waals surface area contributed by atoms with Crippen LogP contribution in [0.1, 0.15) is 63.2 Å². The van der Waals surface area contributed by atoms with E-state index in [2.05, 4.69) is 17.1 Å². The highest BCUT2D eigenvalue weighted by Crippen LogP contribution is 2.28. The summed E-state index contributed by atoms with van der Waals surface area (Å²) in [4.78, 5) is 32.4. The van der Waals surface area contributed by atoms with Crippen molar-refractivity contribution in [3.63, 3.8) is 0 Å². The van der Waals surface area contributed by atoms with E-state index in [-0.39, 0.29) is 36.5 Å². The number of rotatable bonds is 9. The van der Waals surface area contributed by atoms with Gasteiger partial charge in [0.25, 0.3) is 5.91 Å². The molecular formula is C29H50N4O5. The minimum Gasteiger partial charge on any atom is -0.490 e. The smallest absolute Gasteiger partial charge is 0.258 e. The van der Waals surface area contributed by atoms with Crippen molar-refractivity contribution < 1.29 is 24.2 Å². The molecule has 4 atom stereocenters. The predicted molar refractivity (Wildman–Crippen MR) is 152 cm³/mol. The lowest BCUT2D eigenvalue weighted by molar-refractivity contribution is -0.116. The van der Waals surface area contributed by atoms with Crippen molar-refractivity contribution in [3.8, 4) is 5.75 Å². The first-order chi connectivity index (χ1) is 18.0. The zero-order valence-electron chi connectivity index (χ0n) is 24.5. The Bertz CT molecular complexity index is 879. The van der Waals surface area contributed by atoms with Crippen LogP contribution in [0.4, 0.5) is 5.69 Å². The molecule has 0 unspecified atom stereocenters. The number of fused-ring (bicyclic) bond motifs is 1. The van der Waals surface area contributed by atoms with Gasteiger partial charge < -0.3 is 34.6 Å². The van der Waals surface area contributed by atoms with Crippen LogP contribution in [0.5, 0.6) is 5.75 Å². The van der Waals surface area contributed by atoms with Gasteiger partial charge in [0.1, 0.15) is 5.75 Å². The van der Waals surface area contributed by atoms with Gasteiger partial charge >= 0.3 is 0 Å². The molecule has 216 valence electrons. The maximum Gasteiger partial charge on any atom is 0.258 e. The second-order valence-electron chi connectivity index (χ2n) is 11.2. The fourth-order valence-corrected chi connectivity index (χ4v) is 4.60. The molecule has 1 aromatic rings. The van der Waals surface area contributed by atoms with Gasteiger partial charge in [-0.05, 0) is 92.5 Å². The molecule has 0 spiro atoms. The quantitative estimate of drug-likeness (QED) is 0.502. The Morgan fingerprint density at radius 2 is 1.92 bits per heavy atom. The number of aliphatic hydroxyl groups is 1. The van der Waals surface area contributed by atoms with E-state index in [0.717, 1.165) is 38.8 Å². The summed E-state index contributed by atoms with van der Waals surface area (Å²) in [5, 5.41) is 13.0. The minimum atomic E-state index is -0.396. The minimum absolute atomic E-state index is 0.0427. The van der Waals surface area contributed by atoms with Crippen LogP contribution in [0.25, 0.3) is 0 Å². The topological polar surface area (TPSA) is 94.6 Å². The van der Waals surface area contributed by atoms with E-state index in [1.807, 2.05) is 46.9 Å². The molecule has 1 aliphatic heterocycles. The molecule has 0 bridgehead atoms. The summed E-state index contributed by atoms with van der Waals surface area (Å²) in [6.45, 7) is 8.44. The standard InChI is InChI=1S/C29H50N4O5/c1-21-18-33(22(2)20-34)29(36)25-17-24(30-28(35)12-10-15-31(4)5)13-14-26(25)38-23(3)11-8-9-16-37-27(21)19-32(6)7/h13-14,17,21-23,27,34H,8-12,15-16,18-20H2,1-7H3,(H,30,35)/t21-,22+,23+,27+/m0/s1. The maximum atomic E-state index is 14.0. The average Bonchev–Trinajstić information content (AvgIpc) is 2.85. The van der Waals surface area contributed by atoms with Gasteiger partial charge in [-0.3, -0.25) is 9.59 Å². The van der Waals surface area contributed by atoms with Crippen molar-refractivity contribution in [3.05, 3.63) is 23.8 Å². The number of nitrogens with one attached hydrogen (secondary N) is 1. The molecule has 1 aromatic carbocycles. The van der Waals surface area contributed by atoms with Gasteiger partial charge in [0.2, 0.25) is 5.91 Å². The van der Waals surface area contributed by atoms with Crippen LogP contribution in [0, 0.1) is 5.92 Å². The molecule has 38 heavy (non-hydrogen) atoms. The Kier molecular flexibility index (Phi) is 13.5. The molecule has 9 nitrogen and oxygen atoms in total. The van der Waals surface area contributed by atoms with Crippen molar-refractivity contribution in [2.75, 3.05) is 66.4 Å². The predicted octanol–water partition coefficient (Wildman–Crippen LogP) is 3.32. The Labute approximate surface area is 229 Å². The Morgan fingerprint density at radius 1 is 1.18 bits per heavy atom. The number of amides is 2. The number of hydrogen-bond donors (Lipinski definition) is 2. The van der Waals surface area contributed by atoms with Crippen LogP contribution in [0.2, 0.25) is 0 Å². The van der Waals surface area contributed by atoms with Crippen LogP contribution in [-0.2, 0) is 9.53 Å². The number of carbonyl (C=O) groups excluding carboxylic acids is 2. The zero-order chi connectivity index (χ0) is 28.2. The third kappa shape index (κ3) is 10.5. The molecule has 0 saturated carbocycles. The Morgan fingerprint density at radius 3 is 2.58 bits per heavy atom. The van der Waals surface area contributed by atoms with E-state index in [4.69, 9.17) is 9.47 Å². The highest BCUT2D eigenvalue weighted by molar-refractivity contribution is 5.99. The highest BCUT2D eigenvalue weighted by atomic mass is 16.5. The molecule has 0 aromatic heterocycles. The SMILES string of the molecule is C[C@@H]1CCCCO[C@H](CN(C)C)[C@@H](C)CN([C@H](C)CO)C(=O)c2cc(NC(=O)CCCN(C)C)ccc2O1. The van der Waals surface area contributed by atoms with E-state index >= 15 is 0 Å². The van der Waals surface area contributed by atoms with Crippen molar-refractivity contribution in [1.29, 1.82) is 0 Å². The third-order valence-corrected chi connectivity index (χ3v) is 6.89. The second-order valence-corrected chi connectivity index (χ2v) is 11.2. The van der Waals surface area contributed by atoms with Gasteiger partial charge in [0, 0.05) is 37.7 Å². The molecule has 2 N–H and O–H groups in total. The number of nitrogens with zero attached hydrogens (tertiary/aromatic N) is 3. The first-order valence-corrected chi connectivity index (χ1v) is 13.9. The lowest BCUT2D eigenvalue weighted by Crippen LogP contribution is -2.47. The van der Waals surface area contributed by atoms with Crippen molar-refractivity contribution in [2.24, 2.45) is 5.92 Å². The van der Waals surface area contributed by atoms with Crippen LogP contribution in [-0.4, -0.2) is 111 Å². The van der Waals surface area contributed by atoms with E-state index in [0.29, 0.717) is 36.6 Å². The number of hydrogen-bond acceptors (Lipinski definition) is 7. The Hall–Kier alpha value is -2.20.